The predicted octanol–water partition coefficient (Wildman–Crippen LogP) is 5.09. The van der Waals surface area contributed by atoms with Crippen LogP contribution in [-0.4, -0.2) is 35.1 Å². The van der Waals surface area contributed by atoms with Crippen LogP contribution in [0, 0.1) is 5.82 Å². The fraction of sp³-hybridized carbons (Fsp3) is 0.136. The molecule has 3 aromatic carbocycles. The lowest BCUT2D eigenvalue weighted by molar-refractivity contribution is -0.114. The predicted molar refractivity (Wildman–Crippen MR) is 128 cm³/mol. The Hall–Kier alpha value is -2.82. The Morgan fingerprint density at radius 2 is 1.76 bits per heavy atom. The van der Waals surface area contributed by atoms with Crippen molar-refractivity contribution in [2.45, 2.75) is 4.90 Å². The summed E-state index contributed by atoms with van der Waals surface area (Å²) < 4.78 is 52.7. The van der Waals surface area contributed by atoms with Crippen molar-refractivity contribution in [1.82, 2.24) is 0 Å². The number of nitrogens with one attached hydrogen (secondary N) is 1. The number of nitrogens with zero attached hydrogens (tertiary/aromatic N) is 1. The van der Waals surface area contributed by atoms with Gasteiger partial charge in [0.05, 0.1) is 35.5 Å². The Bertz CT molecular complexity index is 1290. The normalized spacial score (nSPS) is 11.1. The molecule has 0 aliphatic rings. The minimum absolute atomic E-state index is 0.0125. The molecule has 1 amide bonds. The van der Waals surface area contributed by atoms with Gasteiger partial charge in [-0.3, -0.25) is 9.10 Å². The molecule has 0 atom stereocenters. The molecule has 0 fully saturated rings. The molecule has 0 saturated heterocycles. The Kier molecular flexibility index (Phi) is 7.83. The van der Waals surface area contributed by atoms with Gasteiger partial charge in [-0.2, -0.15) is 0 Å². The molecule has 0 saturated carbocycles. The summed E-state index contributed by atoms with van der Waals surface area (Å²) in [6.45, 7) is -0.597. The molecule has 0 bridgehead atoms. The Morgan fingerprint density at radius 1 is 1.06 bits per heavy atom. The molecule has 0 spiro atoms. The van der Waals surface area contributed by atoms with Crippen LogP contribution < -0.4 is 19.1 Å². The van der Waals surface area contributed by atoms with Gasteiger partial charge in [0.1, 0.15) is 12.4 Å². The zero-order valence-corrected chi connectivity index (χ0v) is 20.7. The average molecular weight is 558 g/mol. The van der Waals surface area contributed by atoms with Gasteiger partial charge in [-0.05, 0) is 58.4 Å². The number of anilines is 2. The Balaban J connectivity index is 2.03. The van der Waals surface area contributed by atoms with Gasteiger partial charge in [-0.1, -0.05) is 23.7 Å². The summed E-state index contributed by atoms with van der Waals surface area (Å²) in [6, 6.07) is 14.3. The summed E-state index contributed by atoms with van der Waals surface area (Å²) in [6.07, 6.45) is 0. The highest BCUT2D eigenvalue weighted by molar-refractivity contribution is 9.10. The van der Waals surface area contributed by atoms with Crippen LogP contribution in [0.4, 0.5) is 15.8 Å². The van der Waals surface area contributed by atoms with Gasteiger partial charge in [-0.25, -0.2) is 12.8 Å². The number of sulfonamides is 1. The number of para-hydroxylation sites is 1. The van der Waals surface area contributed by atoms with Gasteiger partial charge in [0, 0.05) is 10.5 Å². The fourth-order valence-corrected chi connectivity index (χ4v) is 4.93. The first kappa shape index (κ1) is 24.8. The number of halogens is 3. The van der Waals surface area contributed by atoms with Crippen molar-refractivity contribution in [1.29, 1.82) is 0 Å². The quantitative estimate of drug-likeness (QED) is 0.417. The van der Waals surface area contributed by atoms with E-state index in [1.807, 2.05) is 0 Å². The number of hydrogen-bond donors (Lipinski definition) is 1. The molecule has 0 aromatic heterocycles. The monoisotopic (exact) mass is 556 g/mol. The zero-order valence-electron chi connectivity index (χ0n) is 17.5. The fourth-order valence-electron chi connectivity index (χ4n) is 2.94. The van der Waals surface area contributed by atoms with Crippen LogP contribution in [0.15, 0.2) is 70.0 Å². The third-order valence-corrected chi connectivity index (χ3v) is 7.32. The molecule has 11 heteroatoms. The van der Waals surface area contributed by atoms with E-state index in [1.54, 1.807) is 24.3 Å². The van der Waals surface area contributed by atoms with E-state index in [9.17, 15) is 17.6 Å². The van der Waals surface area contributed by atoms with Crippen LogP contribution in [0.2, 0.25) is 5.02 Å². The van der Waals surface area contributed by atoms with E-state index >= 15 is 0 Å². The lowest BCUT2D eigenvalue weighted by atomic mass is 10.3. The van der Waals surface area contributed by atoms with Crippen molar-refractivity contribution in [2.24, 2.45) is 0 Å². The van der Waals surface area contributed by atoms with Crippen molar-refractivity contribution in [3.8, 4) is 11.5 Å². The molecule has 174 valence electrons. The van der Waals surface area contributed by atoms with Gasteiger partial charge in [-0.15, -0.1) is 0 Å². The number of rotatable bonds is 8. The molecular weight excluding hydrogens is 539 g/mol. The first-order valence-corrected chi connectivity index (χ1v) is 12.0. The Labute approximate surface area is 204 Å². The standard InChI is InChI=1S/C22H19BrClFN2O5S/c1-31-20-10-8-15(12-21(20)32-2)33(29,30)27(14-7-9-18(25)17(24)11-14)13-22(28)26-19-6-4-3-5-16(19)23/h3-12H,13H2,1-2H3,(H,26,28). The van der Waals surface area contributed by atoms with Gasteiger partial charge in [0.15, 0.2) is 11.5 Å². The SMILES string of the molecule is COc1ccc(S(=O)(=O)N(CC(=O)Nc2ccccc2Br)c2ccc(F)c(Cl)c2)cc1OC. The number of ether oxygens (including phenoxy) is 2. The summed E-state index contributed by atoms with van der Waals surface area (Å²) in [4.78, 5) is 12.7. The molecule has 0 radical (unpaired) electrons. The van der Waals surface area contributed by atoms with E-state index < -0.39 is 28.3 Å². The molecule has 0 aliphatic carbocycles. The van der Waals surface area contributed by atoms with Crippen LogP contribution in [-0.2, 0) is 14.8 Å². The molecule has 0 unspecified atom stereocenters. The van der Waals surface area contributed by atoms with E-state index in [0.29, 0.717) is 15.9 Å². The minimum Gasteiger partial charge on any atom is -0.493 e. The van der Waals surface area contributed by atoms with Gasteiger partial charge in [0.25, 0.3) is 10.0 Å². The highest BCUT2D eigenvalue weighted by Gasteiger charge is 2.29. The van der Waals surface area contributed by atoms with Gasteiger partial charge < -0.3 is 14.8 Å². The van der Waals surface area contributed by atoms with Crippen LogP contribution >= 0.6 is 27.5 Å². The molecule has 33 heavy (non-hydrogen) atoms. The summed E-state index contributed by atoms with van der Waals surface area (Å²) >= 11 is 9.22. The van der Waals surface area contributed by atoms with E-state index in [0.717, 1.165) is 16.4 Å². The van der Waals surface area contributed by atoms with E-state index in [2.05, 4.69) is 21.2 Å². The molecule has 0 aliphatic heterocycles. The van der Waals surface area contributed by atoms with Crippen LogP contribution in [0.1, 0.15) is 0 Å². The van der Waals surface area contributed by atoms with Crippen molar-refractivity contribution >= 4 is 54.8 Å². The maximum Gasteiger partial charge on any atom is 0.264 e. The molecule has 7 nitrogen and oxygen atoms in total. The molecule has 0 heterocycles. The second kappa shape index (κ2) is 10.4. The van der Waals surface area contributed by atoms with E-state index in [4.69, 9.17) is 21.1 Å². The van der Waals surface area contributed by atoms with Crippen LogP contribution in [0.25, 0.3) is 0 Å². The summed E-state index contributed by atoms with van der Waals surface area (Å²) in [5.74, 6) is -0.819. The van der Waals surface area contributed by atoms with E-state index in [-0.39, 0.29) is 21.4 Å². The summed E-state index contributed by atoms with van der Waals surface area (Å²) in [5, 5.41) is 2.37. The molecular formula is C22H19BrClFN2O5S. The van der Waals surface area contributed by atoms with Crippen LogP contribution in [0.5, 0.6) is 11.5 Å². The number of amides is 1. The number of carbonyl (C=O) groups excluding carboxylic acids is 1. The highest BCUT2D eigenvalue weighted by atomic mass is 79.9. The second-order valence-electron chi connectivity index (χ2n) is 6.65. The third kappa shape index (κ3) is 5.58. The zero-order chi connectivity index (χ0) is 24.2. The van der Waals surface area contributed by atoms with Crippen molar-refractivity contribution in [3.05, 3.63) is 76.0 Å². The molecule has 1 N–H and O–H groups in total. The lowest BCUT2D eigenvalue weighted by Crippen LogP contribution is -2.38. The first-order valence-electron chi connectivity index (χ1n) is 9.41. The maximum atomic E-state index is 13.7. The van der Waals surface area contributed by atoms with E-state index in [1.165, 1.54) is 38.5 Å². The van der Waals surface area contributed by atoms with Crippen molar-refractivity contribution in [3.63, 3.8) is 0 Å². The summed E-state index contributed by atoms with van der Waals surface area (Å²) in [7, 11) is -1.50. The number of carbonyl (C=O) groups is 1. The van der Waals surface area contributed by atoms with Gasteiger partial charge in [0.2, 0.25) is 5.91 Å². The smallest absolute Gasteiger partial charge is 0.264 e. The Morgan fingerprint density at radius 3 is 2.39 bits per heavy atom. The summed E-state index contributed by atoms with van der Waals surface area (Å²) in [5.41, 5.74) is 0.474. The first-order chi connectivity index (χ1) is 15.7. The number of benzene rings is 3. The third-order valence-electron chi connectivity index (χ3n) is 4.57. The number of hydrogen-bond acceptors (Lipinski definition) is 5. The topological polar surface area (TPSA) is 84.9 Å². The average Bonchev–Trinajstić information content (AvgIpc) is 2.80. The van der Waals surface area contributed by atoms with Crippen molar-refractivity contribution in [2.75, 3.05) is 30.4 Å². The largest absolute Gasteiger partial charge is 0.493 e. The highest BCUT2D eigenvalue weighted by Crippen LogP contribution is 2.33. The van der Waals surface area contributed by atoms with Crippen LogP contribution in [0.3, 0.4) is 0 Å². The van der Waals surface area contributed by atoms with Crippen molar-refractivity contribution < 1.29 is 27.1 Å². The second-order valence-corrected chi connectivity index (χ2v) is 9.78. The molecule has 3 rings (SSSR count). The van der Waals surface area contributed by atoms with Gasteiger partial charge >= 0.3 is 0 Å². The molecule has 3 aromatic rings. The maximum absolute atomic E-state index is 13.7. The number of methoxy groups -OCH3 is 2. The minimum atomic E-state index is -4.29. The lowest BCUT2D eigenvalue weighted by Gasteiger charge is -2.25.